The Labute approximate surface area is 99.2 Å². The number of carbonyl (C=O) groups excluding carboxylic acids is 2. The van der Waals surface area contributed by atoms with Crippen LogP contribution in [0.2, 0.25) is 0 Å². The molecule has 96 valence electrons. The molecule has 1 aliphatic rings. The Morgan fingerprint density at radius 2 is 2.00 bits per heavy atom. The number of hydrogen-bond donors (Lipinski definition) is 3. The van der Waals surface area contributed by atoms with Crippen molar-refractivity contribution >= 4 is 17.9 Å². The molecule has 0 aromatic heterocycles. The van der Waals surface area contributed by atoms with Crippen LogP contribution in [-0.4, -0.2) is 53.6 Å². The zero-order valence-electron chi connectivity index (χ0n) is 9.90. The standard InChI is InChI=1S/C10H17N3O4/c1-6(9(15)16)11-10(17)13(2)5-8(14)12-7-3-4-7/h6-7H,3-5H2,1-2H3,(H,11,17)(H,12,14)(H,15,16). The van der Waals surface area contributed by atoms with Crippen LogP contribution >= 0.6 is 0 Å². The van der Waals surface area contributed by atoms with Crippen molar-refractivity contribution in [2.45, 2.75) is 31.8 Å². The number of amides is 3. The van der Waals surface area contributed by atoms with Crippen LogP contribution in [0, 0.1) is 0 Å². The third kappa shape index (κ3) is 4.71. The highest BCUT2D eigenvalue weighted by atomic mass is 16.4. The highest BCUT2D eigenvalue weighted by molar-refractivity contribution is 5.86. The average Bonchev–Trinajstić information content (AvgIpc) is 3.00. The van der Waals surface area contributed by atoms with Gasteiger partial charge in [-0.2, -0.15) is 0 Å². The van der Waals surface area contributed by atoms with Crippen LogP contribution < -0.4 is 10.6 Å². The maximum atomic E-state index is 11.5. The first-order valence-electron chi connectivity index (χ1n) is 5.44. The molecule has 0 aromatic rings. The highest BCUT2D eigenvalue weighted by Crippen LogP contribution is 2.18. The molecular formula is C10H17N3O4. The number of rotatable bonds is 5. The summed E-state index contributed by atoms with van der Waals surface area (Å²) in [5.41, 5.74) is 0. The van der Waals surface area contributed by atoms with E-state index in [9.17, 15) is 14.4 Å². The Kier molecular flexibility index (Phi) is 4.30. The molecule has 0 aromatic carbocycles. The summed E-state index contributed by atoms with van der Waals surface area (Å²) in [6.07, 6.45) is 1.97. The number of nitrogens with one attached hydrogen (secondary N) is 2. The summed E-state index contributed by atoms with van der Waals surface area (Å²) in [5.74, 6) is -1.35. The third-order valence-corrected chi connectivity index (χ3v) is 2.38. The van der Waals surface area contributed by atoms with Gasteiger partial charge in [-0.1, -0.05) is 0 Å². The number of carbonyl (C=O) groups is 3. The molecule has 0 spiro atoms. The van der Waals surface area contributed by atoms with Crippen molar-refractivity contribution in [1.82, 2.24) is 15.5 Å². The van der Waals surface area contributed by atoms with Gasteiger partial charge in [0.2, 0.25) is 5.91 Å². The quantitative estimate of drug-likeness (QED) is 0.599. The Morgan fingerprint density at radius 1 is 1.41 bits per heavy atom. The molecule has 1 rings (SSSR count). The van der Waals surface area contributed by atoms with Gasteiger partial charge in [-0.05, 0) is 19.8 Å². The molecule has 7 nitrogen and oxygen atoms in total. The first-order valence-corrected chi connectivity index (χ1v) is 5.44. The van der Waals surface area contributed by atoms with Gasteiger partial charge in [0.25, 0.3) is 0 Å². The van der Waals surface area contributed by atoms with Crippen LogP contribution in [0.1, 0.15) is 19.8 Å². The number of hydrogen-bond acceptors (Lipinski definition) is 3. The van der Waals surface area contributed by atoms with Gasteiger partial charge >= 0.3 is 12.0 Å². The first-order chi connectivity index (χ1) is 7.90. The molecule has 1 fully saturated rings. The van der Waals surface area contributed by atoms with Gasteiger partial charge in [0.1, 0.15) is 12.6 Å². The van der Waals surface area contributed by atoms with Crippen molar-refractivity contribution in [3.05, 3.63) is 0 Å². The highest BCUT2D eigenvalue weighted by Gasteiger charge is 2.24. The normalized spacial score (nSPS) is 15.9. The van der Waals surface area contributed by atoms with Gasteiger partial charge in [0.05, 0.1) is 0 Å². The molecule has 0 bridgehead atoms. The lowest BCUT2D eigenvalue weighted by Crippen LogP contribution is -2.48. The molecule has 0 aliphatic heterocycles. The number of aliphatic carboxylic acids is 1. The molecule has 3 amide bonds. The Bertz CT molecular complexity index is 328. The minimum Gasteiger partial charge on any atom is -0.480 e. The maximum Gasteiger partial charge on any atom is 0.325 e. The van der Waals surface area contributed by atoms with E-state index < -0.39 is 18.0 Å². The van der Waals surface area contributed by atoms with Gasteiger partial charge in [-0.25, -0.2) is 4.79 Å². The van der Waals surface area contributed by atoms with Crippen molar-refractivity contribution < 1.29 is 19.5 Å². The fraction of sp³-hybridized carbons (Fsp3) is 0.700. The molecule has 0 heterocycles. The number of carboxylic acid groups (broad SMARTS) is 1. The summed E-state index contributed by atoms with van der Waals surface area (Å²) in [4.78, 5) is 34.5. The summed E-state index contributed by atoms with van der Waals surface area (Å²) in [6, 6.07) is -1.31. The van der Waals surface area contributed by atoms with E-state index in [0.29, 0.717) is 0 Å². The predicted molar refractivity (Wildman–Crippen MR) is 59.4 cm³/mol. The SMILES string of the molecule is CC(NC(=O)N(C)CC(=O)NC1CC1)C(=O)O. The van der Waals surface area contributed by atoms with E-state index in [1.807, 2.05) is 0 Å². The predicted octanol–water partition coefficient (Wildman–Crippen LogP) is -0.620. The van der Waals surface area contributed by atoms with E-state index >= 15 is 0 Å². The smallest absolute Gasteiger partial charge is 0.325 e. The second-order valence-corrected chi connectivity index (χ2v) is 4.21. The minimum atomic E-state index is -1.12. The fourth-order valence-corrected chi connectivity index (χ4v) is 1.15. The van der Waals surface area contributed by atoms with E-state index in [1.165, 1.54) is 14.0 Å². The lowest BCUT2D eigenvalue weighted by Gasteiger charge is -2.19. The Balaban J connectivity index is 2.29. The lowest BCUT2D eigenvalue weighted by molar-refractivity contribution is -0.138. The average molecular weight is 243 g/mol. The molecule has 1 saturated carbocycles. The third-order valence-electron chi connectivity index (χ3n) is 2.38. The van der Waals surface area contributed by atoms with Crippen molar-refractivity contribution in [3.8, 4) is 0 Å². The van der Waals surface area contributed by atoms with Crippen molar-refractivity contribution in [1.29, 1.82) is 0 Å². The zero-order valence-corrected chi connectivity index (χ0v) is 9.90. The number of likely N-dealkylation sites (N-methyl/N-ethyl adjacent to an activating group) is 1. The van der Waals surface area contributed by atoms with Gasteiger partial charge in [-0.15, -0.1) is 0 Å². The van der Waals surface area contributed by atoms with Crippen LogP contribution in [0.15, 0.2) is 0 Å². The summed E-state index contributed by atoms with van der Waals surface area (Å²) in [7, 11) is 1.44. The van der Waals surface area contributed by atoms with Crippen molar-refractivity contribution in [2.75, 3.05) is 13.6 Å². The summed E-state index contributed by atoms with van der Waals surface area (Å²) < 4.78 is 0. The molecule has 7 heteroatoms. The molecule has 1 aliphatic carbocycles. The molecular weight excluding hydrogens is 226 g/mol. The molecule has 0 radical (unpaired) electrons. The van der Waals surface area contributed by atoms with Crippen LogP contribution in [0.5, 0.6) is 0 Å². The first kappa shape index (κ1) is 13.3. The van der Waals surface area contributed by atoms with E-state index in [-0.39, 0.29) is 18.5 Å². The Morgan fingerprint density at radius 3 is 2.47 bits per heavy atom. The lowest BCUT2D eigenvalue weighted by atomic mass is 10.3. The Hall–Kier alpha value is -1.79. The van der Waals surface area contributed by atoms with Crippen molar-refractivity contribution in [2.24, 2.45) is 0 Å². The fourth-order valence-electron chi connectivity index (χ4n) is 1.15. The molecule has 1 atom stereocenters. The molecule has 1 unspecified atom stereocenters. The van der Waals surface area contributed by atoms with E-state index in [0.717, 1.165) is 17.7 Å². The van der Waals surface area contributed by atoms with E-state index in [1.54, 1.807) is 0 Å². The minimum absolute atomic E-state index is 0.0747. The van der Waals surface area contributed by atoms with Crippen LogP contribution in [0.3, 0.4) is 0 Å². The number of nitrogens with zero attached hydrogens (tertiary/aromatic N) is 1. The maximum absolute atomic E-state index is 11.5. The molecule has 3 N–H and O–H groups in total. The number of urea groups is 1. The largest absolute Gasteiger partial charge is 0.480 e. The van der Waals surface area contributed by atoms with Crippen LogP contribution in [-0.2, 0) is 9.59 Å². The zero-order chi connectivity index (χ0) is 13.0. The van der Waals surface area contributed by atoms with Gasteiger partial charge in [0, 0.05) is 13.1 Å². The van der Waals surface area contributed by atoms with Gasteiger partial charge in [-0.3, -0.25) is 9.59 Å². The number of carboxylic acids is 1. The van der Waals surface area contributed by atoms with E-state index in [2.05, 4.69) is 10.6 Å². The second kappa shape index (κ2) is 5.51. The van der Waals surface area contributed by atoms with Crippen LogP contribution in [0.4, 0.5) is 4.79 Å². The van der Waals surface area contributed by atoms with Gasteiger partial charge < -0.3 is 20.6 Å². The van der Waals surface area contributed by atoms with Crippen LogP contribution in [0.25, 0.3) is 0 Å². The molecule has 0 saturated heterocycles. The van der Waals surface area contributed by atoms with Gasteiger partial charge in [0.15, 0.2) is 0 Å². The summed E-state index contributed by atoms with van der Waals surface area (Å²) in [6.45, 7) is 1.28. The topological polar surface area (TPSA) is 98.7 Å². The summed E-state index contributed by atoms with van der Waals surface area (Å²) in [5, 5.41) is 13.6. The summed E-state index contributed by atoms with van der Waals surface area (Å²) >= 11 is 0. The monoisotopic (exact) mass is 243 g/mol. The van der Waals surface area contributed by atoms with E-state index in [4.69, 9.17) is 5.11 Å². The second-order valence-electron chi connectivity index (χ2n) is 4.21. The van der Waals surface area contributed by atoms with Crippen molar-refractivity contribution in [3.63, 3.8) is 0 Å². The molecule has 17 heavy (non-hydrogen) atoms.